The maximum Gasteiger partial charge on any atom is 0.145 e. The van der Waals surface area contributed by atoms with Crippen molar-refractivity contribution in [1.29, 1.82) is 0 Å². The number of ether oxygens (including phenoxy) is 1. The van der Waals surface area contributed by atoms with E-state index in [9.17, 15) is 9.18 Å². The summed E-state index contributed by atoms with van der Waals surface area (Å²) in [6, 6.07) is 4.13. The van der Waals surface area contributed by atoms with Gasteiger partial charge in [0.2, 0.25) is 0 Å². The molecule has 0 saturated heterocycles. The van der Waals surface area contributed by atoms with Gasteiger partial charge in [-0.15, -0.1) is 0 Å². The van der Waals surface area contributed by atoms with E-state index in [0.29, 0.717) is 23.8 Å². The molecule has 4 heteroatoms. The summed E-state index contributed by atoms with van der Waals surface area (Å²) in [5.74, 6) is 0.661. The Hall–Kier alpha value is -1.58. The summed E-state index contributed by atoms with van der Waals surface area (Å²) in [7, 11) is 0. The fourth-order valence-corrected chi connectivity index (χ4v) is 2.52. The molecule has 0 spiro atoms. The van der Waals surface area contributed by atoms with Crippen LogP contribution in [0.3, 0.4) is 0 Å². The Morgan fingerprint density at radius 2 is 2.28 bits per heavy atom. The minimum Gasteiger partial charge on any atom is -0.488 e. The molecule has 0 unspecified atom stereocenters. The standard InChI is InChI=1S/C14H18FNO2/c1-9(17)6-10-2-4-12(7-10)18-14-8-11(15)3-5-13(14)16/h3,5,8,10,12H,2,4,6-7,16H2,1H3/t10-,12+/m1/s1. The molecule has 0 aliphatic heterocycles. The molecule has 1 aliphatic carbocycles. The Kier molecular flexibility index (Phi) is 3.84. The average Bonchev–Trinajstić information content (AvgIpc) is 2.70. The summed E-state index contributed by atoms with van der Waals surface area (Å²) < 4.78 is 18.8. The lowest BCUT2D eigenvalue weighted by atomic mass is 10.0. The molecule has 1 fully saturated rings. The molecule has 98 valence electrons. The molecule has 1 aromatic carbocycles. The SMILES string of the molecule is CC(=O)C[C@H]1CC[C@H](Oc2cc(F)ccc2N)C1. The van der Waals surface area contributed by atoms with E-state index in [1.54, 1.807) is 6.92 Å². The van der Waals surface area contributed by atoms with Crippen LogP contribution in [0.1, 0.15) is 32.6 Å². The van der Waals surface area contributed by atoms with Crippen LogP contribution in [-0.4, -0.2) is 11.9 Å². The van der Waals surface area contributed by atoms with Gasteiger partial charge in [-0.05, 0) is 44.2 Å². The number of ketones is 1. The van der Waals surface area contributed by atoms with E-state index in [1.165, 1.54) is 18.2 Å². The summed E-state index contributed by atoms with van der Waals surface area (Å²) in [5.41, 5.74) is 6.19. The molecule has 0 amide bonds. The van der Waals surface area contributed by atoms with Crippen LogP contribution >= 0.6 is 0 Å². The fourth-order valence-electron chi connectivity index (χ4n) is 2.52. The molecule has 0 heterocycles. The van der Waals surface area contributed by atoms with Gasteiger partial charge in [-0.2, -0.15) is 0 Å². The number of benzene rings is 1. The topological polar surface area (TPSA) is 52.3 Å². The first kappa shape index (κ1) is 12.9. The first-order chi connectivity index (χ1) is 8.54. The number of nitrogen functional groups attached to an aromatic ring is 1. The quantitative estimate of drug-likeness (QED) is 0.837. The lowest BCUT2D eigenvalue weighted by molar-refractivity contribution is -0.117. The van der Waals surface area contributed by atoms with Crippen LogP contribution in [0.4, 0.5) is 10.1 Å². The summed E-state index contributed by atoms with van der Waals surface area (Å²) in [6.45, 7) is 1.61. The highest BCUT2D eigenvalue weighted by atomic mass is 19.1. The smallest absolute Gasteiger partial charge is 0.145 e. The predicted octanol–water partition coefficient (Wildman–Crippen LogP) is 2.93. The van der Waals surface area contributed by atoms with Crippen LogP contribution in [0.15, 0.2) is 18.2 Å². The van der Waals surface area contributed by atoms with Gasteiger partial charge in [0.25, 0.3) is 0 Å². The zero-order chi connectivity index (χ0) is 13.1. The van der Waals surface area contributed by atoms with Crippen LogP contribution < -0.4 is 10.5 Å². The Morgan fingerprint density at radius 3 is 3.00 bits per heavy atom. The van der Waals surface area contributed by atoms with Crippen LogP contribution in [0.25, 0.3) is 0 Å². The van der Waals surface area contributed by atoms with Gasteiger partial charge in [-0.3, -0.25) is 0 Å². The number of anilines is 1. The van der Waals surface area contributed by atoms with Crippen molar-refractivity contribution < 1.29 is 13.9 Å². The molecule has 2 N–H and O–H groups in total. The molecule has 1 saturated carbocycles. The minimum absolute atomic E-state index is 0.0402. The summed E-state index contributed by atoms with van der Waals surface area (Å²) in [5, 5.41) is 0. The van der Waals surface area contributed by atoms with Gasteiger partial charge in [-0.1, -0.05) is 0 Å². The second-order valence-electron chi connectivity index (χ2n) is 5.01. The first-order valence-corrected chi connectivity index (χ1v) is 6.25. The van der Waals surface area contributed by atoms with Gasteiger partial charge < -0.3 is 15.3 Å². The lowest BCUT2D eigenvalue weighted by Crippen LogP contribution is -2.14. The fraction of sp³-hybridized carbons (Fsp3) is 0.500. The molecule has 2 rings (SSSR count). The second-order valence-corrected chi connectivity index (χ2v) is 5.01. The molecule has 2 atom stereocenters. The molecule has 3 nitrogen and oxygen atoms in total. The summed E-state index contributed by atoms with van der Waals surface area (Å²) in [4.78, 5) is 11.1. The number of carbonyl (C=O) groups excluding carboxylic acids is 1. The van der Waals surface area contributed by atoms with E-state index in [-0.39, 0.29) is 17.7 Å². The van der Waals surface area contributed by atoms with Crippen molar-refractivity contribution in [3.63, 3.8) is 0 Å². The van der Waals surface area contributed by atoms with Crippen molar-refractivity contribution in [2.45, 2.75) is 38.7 Å². The van der Waals surface area contributed by atoms with Gasteiger partial charge in [0.15, 0.2) is 0 Å². The third kappa shape index (κ3) is 3.22. The van der Waals surface area contributed by atoms with Crippen LogP contribution in [-0.2, 0) is 4.79 Å². The average molecular weight is 251 g/mol. The molecule has 1 aliphatic rings. The van der Waals surface area contributed by atoms with Crippen molar-refractivity contribution in [1.82, 2.24) is 0 Å². The monoisotopic (exact) mass is 251 g/mol. The van der Waals surface area contributed by atoms with Crippen LogP contribution in [0.2, 0.25) is 0 Å². The summed E-state index contributed by atoms with van der Waals surface area (Å²) >= 11 is 0. The summed E-state index contributed by atoms with van der Waals surface area (Å²) in [6.07, 6.45) is 3.37. The van der Waals surface area contributed by atoms with Crippen molar-refractivity contribution in [3.8, 4) is 5.75 Å². The second kappa shape index (κ2) is 5.38. The van der Waals surface area contributed by atoms with E-state index >= 15 is 0 Å². The zero-order valence-electron chi connectivity index (χ0n) is 10.5. The number of nitrogens with two attached hydrogens (primary N) is 1. The molecular formula is C14H18FNO2. The molecular weight excluding hydrogens is 233 g/mol. The molecule has 0 aromatic heterocycles. The third-order valence-electron chi connectivity index (χ3n) is 3.34. The third-order valence-corrected chi connectivity index (χ3v) is 3.34. The number of Topliss-reactive ketones (excluding diaryl/α,β-unsaturated/α-hetero) is 1. The number of rotatable bonds is 4. The molecule has 0 radical (unpaired) electrons. The zero-order valence-corrected chi connectivity index (χ0v) is 10.5. The highest BCUT2D eigenvalue weighted by molar-refractivity contribution is 5.75. The Balaban J connectivity index is 1.95. The van der Waals surface area contributed by atoms with Crippen LogP contribution in [0, 0.1) is 11.7 Å². The lowest BCUT2D eigenvalue weighted by Gasteiger charge is -2.15. The number of halogens is 1. The van der Waals surface area contributed by atoms with E-state index in [4.69, 9.17) is 10.5 Å². The van der Waals surface area contributed by atoms with E-state index in [2.05, 4.69) is 0 Å². The number of hydrogen-bond donors (Lipinski definition) is 1. The first-order valence-electron chi connectivity index (χ1n) is 6.25. The highest BCUT2D eigenvalue weighted by Crippen LogP contribution is 2.33. The van der Waals surface area contributed by atoms with E-state index in [0.717, 1.165) is 19.3 Å². The van der Waals surface area contributed by atoms with Gasteiger partial charge in [-0.25, -0.2) is 4.39 Å². The molecule has 1 aromatic rings. The van der Waals surface area contributed by atoms with E-state index in [1.807, 2.05) is 0 Å². The van der Waals surface area contributed by atoms with Gasteiger partial charge in [0, 0.05) is 12.5 Å². The minimum atomic E-state index is -0.350. The Labute approximate surface area is 106 Å². The maximum atomic E-state index is 13.1. The van der Waals surface area contributed by atoms with E-state index < -0.39 is 0 Å². The van der Waals surface area contributed by atoms with Crippen molar-refractivity contribution >= 4 is 11.5 Å². The maximum absolute atomic E-state index is 13.1. The van der Waals surface area contributed by atoms with Gasteiger partial charge >= 0.3 is 0 Å². The largest absolute Gasteiger partial charge is 0.488 e. The predicted molar refractivity (Wildman–Crippen MR) is 67.9 cm³/mol. The normalized spacial score (nSPS) is 23.0. The number of hydrogen-bond acceptors (Lipinski definition) is 3. The molecule has 0 bridgehead atoms. The van der Waals surface area contributed by atoms with Crippen LogP contribution in [0.5, 0.6) is 5.75 Å². The Morgan fingerprint density at radius 1 is 1.50 bits per heavy atom. The van der Waals surface area contributed by atoms with Gasteiger partial charge in [0.05, 0.1) is 11.8 Å². The van der Waals surface area contributed by atoms with Crippen molar-refractivity contribution in [2.75, 3.05) is 5.73 Å². The van der Waals surface area contributed by atoms with Crippen molar-refractivity contribution in [2.24, 2.45) is 5.92 Å². The molecule has 18 heavy (non-hydrogen) atoms. The highest BCUT2D eigenvalue weighted by Gasteiger charge is 2.27. The van der Waals surface area contributed by atoms with Crippen molar-refractivity contribution in [3.05, 3.63) is 24.0 Å². The van der Waals surface area contributed by atoms with Gasteiger partial charge in [0.1, 0.15) is 17.3 Å². The Bertz CT molecular complexity index is 447. The number of carbonyl (C=O) groups is 1.